The van der Waals surface area contributed by atoms with Crippen LogP contribution in [0.5, 0.6) is 0 Å². The van der Waals surface area contributed by atoms with Gasteiger partial charge < -0.3 is 5.32 Å². The summed E-state index contributed by atoms with van der Waals surface area (Å²) in [6.07, 6.45) is -3.06. The Kier molecular flexibility index (Phi) is 6.54. The van der Waals surface area contributed by atoms with Crippen molar-refractivity contribution >= 4 is 39.3 Å². The number of carbonyl (C=O) groups excluding carboxylic acids is 1. The first-order valence-electron chi connectivity index (χ1n) is 10.1. The Hall–Kier alpha value is -2.40. The van der Waals surface area contributed by atoms with Crippen molar-refractivity contribution in [3.63, 3.8) is 0 Å². The summed E-state index contributed by atoms with van der Waals surface area (Å²) in [4.78, 5) is 12.4. The molecule has 1 fully saturated rings. The number of alkyl halides is 3. The minimum absolute atomic E-state index is 0.0111. The highest BCUT2D eigenvalue weighted by molar-refractivity contribution is 9.10. The Labute approximate surface area is 200 Å². The van der Waals surface area contributed by atoms with Gasteiger partial charge in [0.2, 0.25) is 5.91 Å². The molecule has 12 heteroatoms. The van der Waals surface area contributed by atoms with Crippen LogP contribution in [0.25, 0.3) is 0 Å². The summed E-state index contributed by atoms with van der Waals surface area (Å²) >= 11 is 9.11. The first-order valence-corrected chi connectivity index (χ1v) is 11.3. The fourth-order valence-electron chi connectivity index (χ4n) is 3.51. The maximum absolute atomic E-state index is 13.2. The molecule has 1 amide bonds. The molecule has 0 saturated heterocycles. The van der Waals surface area contributed by atoms with Gasteiger partial charge in [-0.3, -0.25) is 14.2 Å². The van der Waals surface area contributed by atoms with E-state index in [9.17, 15) is 22.4 Å². The molecular formula is C21H19BrClF4N5O. The van der Waals surface area contributed by atoms with Gasteiger partial charge in [0.1, 0.15) is 5.82 Å². The topological polar surface area (TPSA) is 64.7 Å². The highest BCUT2D eigenvalue weighted by atomic mass is 79.9. The predicted octanol–water partition coefficient (Wildman–Crippen LogP) is 5.92. The van der Waals surface area contributed by atoms with Gasteiger partial charge in [-0.25, -0.2) is 4.39 Å². The van der Waals surface area contributed by atoms with Crippen LogP contribution in [0.15, 0.2) is 28.7 Å². The van der Waals surface area contributed by atoms with Crippen LogP contribution >= 0.6 is 27.5 Å². The smallest absolute Gasteiger partial charge is 0.309 e. The molecular weight excluding hydrogens is 530 g/mol. The van der Waals surface area contributed by atoms with Crippen molar-refractivity contribution in [1.82, 2.24) is 19.6 Å². The summed E-state index contributed by atoms with van der Waals surface area (Å²) in [6, 6.07) is 5.74. The second-order valence-corrected chi connectivity index (χ2v) is 9.11. The summed E-state index contributed by atoms with van der Waals surface area (Å²) in [6.45, 7) is 2.09. The van der Waals surface area contributed by atoms with Crippen LogP contribution in [0.3, 0.4) is 0 Å². The minimum atomic E-state index is -4.58. The van der Waals surface area contributed by atoms with E-state index < -0.39 is 23.6 Å². The Bertz CT molecular complexity index is 1200. The zero-order valence-corrected chi connectivity index (χ0v) is 19.7. The van der Waals surface area contributed by atoms with E-state index in [1.165, 1.54) is 16.8 Å². The Morgan fingerprint density at radius 2 is 1.97 bits per heavy atom. The second kappa shape index (κ2) is 9.09. The molecule has 1 aliphatic rings. The van der Waals surface area contributed by atoms with Gasteiger partial charge in [0.15, 0.2) is 11.5 Å². The van der Waals surface area contributed by atoms with E-state index in [0.29, 0.717) is 17.1 Å². The van der Waals surface area contributed by atoms with E-state index in [-0.39, 0.29) is 34.9 Å². The molecule has 0 radical (unpaired) electrons. The van der Waals surface area contributed by atoms with Gasteiger partial charge in [-0.1, -0.05) is 17.7 Å². The number of aryl methyl sites for hydroxylation is 2. The van der Waals surface area contributed by atoms with E-state index in [4.69, 9.17) is 11.6 Å². The standard InChI is InChI=1S/C21H19BrClF4N5O/c1-11-8-16(29-32(11)10-13-4-5-14(24)9-15(13)23)28-17(33)6-7-31-19(12-2-3-12)18(22)20(30-31)21(25,26)27/h4-5,8-9,12H,2-3,6-7,10H2,1H3,(H,28,29,33). The molecule has 4 rings (SSSR count). The van der Waals surface area contributed by atoms with E-state index in [2.05, 4.69) is 31.4 Å². The fraction of sp³-hybridized carbons (Fsp3) is 0.381. The van der Waals surface area contributed by atoms with Crippen molar-refractivity contribution in [2.75, 3.05) is 5.32 Å². The first-order chi connectivity index (χ1) is 15.5. The van der Waals surface area contributed by atoms with Crippen molar-refractivity contribution in [1.29, 1.82) is 0 Å². The molecule has 0 unspecified atom stereocenters. The van der Waals surface area contributed by atoms with Crippen molar-refractivity contribution in [2.45, 2.75) is 51.4 Å². The molecule has 0 aliphatic heterocycles. The lowest BCUT2D eigenvalue weighted by Crippen LogP contribution is -2.17. The molecule has 0 spiro atoms. The molecule has 33 heavy (non-hydrogen) atoms. The van der Waals surface area contributed by atoms with Crippen molar-refractivity contribution in [3.8, 4) is 0 Å². The van der Waals surface area contributed by atoms with Gasteiger partial charge in [-0.05, 0) is 53.4 Å². The van der Waals surface area contributed by atoms with Crippen molar-refractivity contribution in [3.05, 3.63) is 62.2 Å². The molecule has 3 aromatic rings. The summed E-state index contributed by atoms with van der Waals surface area (Å²) in [5.41, 5.74) is 0.914. The van der Waals surface area contributed by atoms with Crippen molar-refractivity contribution in [2.24, 2.45) is 0 Å². The van der Waals surface area contributed by atoms with Gasteiger partial charge in [-0.2, -0.15) is 23.4 Å². The molecule has 2 aromatic heterocycles. The van der Waals surface area contributed by atoms with Gasteiger partial charge in [0, 0.05) is 29.1 Å². The minimum Gasteiger partial charge on any atom is -0.309 e. The molecule has 176 valence electrons. The normalized spacial score (nSPS) is 14.0. The van der Waals surface area contributed by atoms with Crippen LogP contribution in [-0.2, 0) is 24.1 Å². The molecule has 1 aromatic carbocycles. The third kappa shape index (κ3) is 5.40. The quantitative estimate of drug-likeness (QED) is 0.373. The van der Waals surface area contributed by atoms with Crippen molar-refractivity contribution < 1.29 is 22.4 Å². The number of nitrogens with zero attached hydrogens (tertiary/aromatic N) is 4. The van der Waals surface area contributed by atoms with Crippen LogP contribution in [0.1, 0.15) is 47.8 Å². The number of hydrogen-bond donors (Lipinski definition) is 1. The predicted molar refractivity (Wildman–Crippen MR) is 118 cm³/mol. The number of rotatable bonds is 7. The molecule has 1 saturated carbocycles. The molecule has 1 N–H and O–H groups in total. The fourth-order valence-corrected chi connectivity index (χ4v) is 4.57. The lowest BCUT2D eigenvalue weighted by atomic mass is 10.2. The Balaban J connectivity index is 1.41. The number of aromatic nitrogens is 4. The number of nitrogens with one attached hydrogen (secondary N) is 1. The van der Waals surface area contributed by atoms with Crippen LogP contribution in [0, 0.1) is 12.7 Å². The highest BCUT2D eigenvalue weighted by Crippen LogP contribution is 2.47. The molecule has 0 bridgehead atoms. The second-order valence-electron chi connectivity index (χ2n) is 7.91. The molecule has 1 aliphatic carbocycles. The average molecular weight is 549 g/mol. The van der Waals surface area contributed by atoms with Gasteiger partial charge >= 0.3 is 6.18 Å². The lowest BCUT2D eigenvalue weighted by molar-refractivity contribution is -0.142. The summed E-state index contributed by atoms with van der Waals surface area (Å²) in [5, 5.41) is 11.0. The summed E-state index contributed by atoms with van der Waals surface area (Å²) in [7, 11) is 0. The van der Waals surface area contributed by atoms with E-state index in [1.54, 1.807) is 23.7 Å². The zero-order valence-electron chi connectivity index (χ0n) is 17.4. The molecule has 6 nitrogen and oxygen atoms in total. The van der Waals surface area contributed by atoms with Crippen LogP contribution in [0.4, 0.5) is 23.4 Å². The zero-order chi connectivity index (χ0) is 23.9. The van der Waals surface area contributed by atoms with E-state index in [1.807, 2.05) is 0 Å². The van der Waals surface area contributed by atoms with Crippen LogP contribution in [0.2, 0.25) is 5.02 Å². The first kappa shape index (κ1) is 23.7. The van der Waals surface area contributed by atoms with Gasteiger partial charge in [0.05, 0.1) is 23.3 Å². The molecule has 0 atom stereocenters. The number of amides is 1. The largest absolute Gasteiger partial charge is 0.436 e. The number of anilines is 1. The summed E-state index contributed by atoms with van der Waals surface area (Å²) < 4.78 is 55.8. The number of carbonyl (C=O) groups is 1. The Morgan fingerprint density at radius 1 is 1.24 bits per heavy atom. The average Bonchev–Trinajstić information content (AvgIpc) is 3.40. The third-order valence-electron chi connectivity index (χ3n) is 5.30. The number of benzene rings is 1. The van der Waals surface area contributed by atoms with Crippen LogP contribution in [-0.4, -0.2) is 25.5 Å². The highest BCUT2D eigenvalue weighted by Gasteiger charge is 2.41. The lowest BCUT2D eigenvalue weighted by Gasteiger charge is -2.08. The Morgan fingerprint density at radius 3 is 2.61 bits per heavy atom. The maximum Gasteiger partial charge on any atom is 0.436 e. The maximum atomic E-state index is 13.2. The van der Waals surface area contributed by atoms with Gasteiger partial charge in [-0.15, -0.1) is 0 Å². The number of halogens is 6. The van der Waals surface area contributed by atoms with E-state index >= 15 is 0 Å². The number of hydrogen-bond acceptors (Lipinski definition) is 3. The monoisotopic (exact) mass is 547 g/mol. The van der Waals surface area contributed by atoms with Gasteiger partial charge in [0.25, 0.3) is 0 Å². The third-order valence-corrected chi connectivity index (χ3v) is 6.43. The molecule has 2 heterocycles. The van der Waals surface area contributed by atoms with Crippen LogP contribution < -0.4 is 5.32 Å². The summed E-state index contributed by atoms with van der Waals surface area (Å²) in [5.74, 6) is -0.523. The van der Waals surface area contributed by atoms with E-state index in [0.717, 1.165) is 18.5 Å². The SMILES string of the molecule is Cc1cc(NC(=O)CCn2nc(C(F)(F)F)c(Br)c2C2CC2)nn1Cc1ccc(F)cc1Cl.